The van der Waals surface area contributed by atoms with Crippen molar-refractivity contribution in [2.24, 2.45) is 0 Å². The van der Waals surface area contributed by atoms with Crippen LogP contribution in [0, 0.1) is 0 Å². The highest BCUT2D eigenvalue weighted by Crippen LogP contribution is 2.20. The van der Waals surface area contributed by atoms with Crippen molar-refractivity contribution in [3.05, 3.63) is 65.7 Å². The fourth-order valence-corrected chi connectivity index (χ4v) is 4.48. The molecule has 2 aromatic carbocycles. The first-order valence-electron chi connectivity index (χ1n) is 14.1. The van der Waals surface area contributed by atoms with E-state index in [4.69, 9.17) is 18.9 Å². The maximum absolute atomic E-state index is 14.0. The van der Waals surface area contributed by atoms with Crippen LogP contribution in [0.3, 0.4) is 0 Å². The predicted molar refractivity (Wildman–Crippen MR) is 159 cm³/mol. The average molecular weight is 627 g/mol. The zero-order chi connectivity index (χ0) is 32.9. The molecule has 2 atom stereocenters. The normalized spacial score (nSPS) is 15.0. The van der Waals surface area contributed by atoms with Gasteiger partial charge in [-0.25, -0.2) is 4.79 Å². The Morgan fingerprint density at radius 1 is 0.911 bits per heavy atom. The van der Waals surface area contributed by atoms with E-state index >= 15 is 0 Å². The van der Waals surface area contributed by atoms with Crippen molar-refractivity contribution in [2.75, 3.05) is 54.6 Å². The number of piperazine rings is 1. The van der Waals surface area contributed by atoms with Crippen molar-refractivity contribution < 1.29 is 47.7 Å². The molecule has 1 aliphatic heterocycles. The highest BCUT2D eigenvalue weighted by molar-refractivity contribution is 5.95. The number of nitrogens with zero attached hydrogens (tertiary/aromatic N) is 3. The van der Waals surface area contributed by atoms with Gasteiger partial charge in [0.25, 0.3) is 5.91 Å². The van der Waals surface area contributed by atoms with Gasteiger partial charge in [-0.1, -0.05) is 42.5 Å². The van der Waals surface area contributed by atoms with Crippen LogP contribution in [0.25, 0.3) is 0 Å². The number of benzene rings is 2. The number of hydrogen-bond donors (Lipinski definition) is 1. The summed E-state index contributed by atoms with van der Waals surface area (Å²) in [5, 5.41) is 2.61. The van der Waals surface area contributed by atoms with Crippen LogP contribution < -0.4 is 10.1 Å². The first-order valence-corrected chi connectivity index (χ1v) is 14.1. The van der Waals surface area contributed by atoms with Crippen LogP contribution >= 0.6 is 0 Å². The van der Waals surface area contributed by atoms with Gasteiger partial charge in [0.15, 0.2) is 6.61 Å². The molecule has 242 valence electrons. The summed E-state index contributed by atoms with van der Waals surface area (Å²) in [5.41, 5.74) is 1.43. The number of amides is 4. The van der Waals surface area contributed by atoms with Gasteiger partial charge in [-0.15, -0.1) is 0 Å². The number of nitrogens with one attached hydrogen (secondary N) is 1. The number of alkyl carbamates (subject to hydrolysis) is 1. The van der Waals surface area contributed by atoms with Gasteiger partial charge in [0.05, 0.1) is 20.6 Å². The Morgan fingerprint density at radius 2 is 1.60 bits per heavy atom. The van der Waals surface area contributed by atoms with E-state index in [0.29, 0.717) is 11.3 Å². The minimum absolute atomic E-state index is 0.0332. The van der Waals surface area contributed by atoms with Crippen LogP contribution in [0.1, 0.15) is 17.5 Å². The fraction of sp³-hybridized carbons (Fsp3) is 0.419. The average Bonchev–Trinajstić information content (AvgIpc) is 3.04. The van der Waals surface area contributed by atoms with E-state index in [2.05, 4.69) is 5.32 Å². The molecule has 0 bridgehead atoms. The lowest BCUT2D eigenvalue weighted by atomic mass is 10.0. The third-order valence-electron chi connectivity index (χ3n) is 7.03. The zero-order valence-corrected chi connectivity index (χ0v) is 25.7. The number of carbonyl (C=O) groups is 6. The van der Waals surface area contributed by atoms with E-state index in [9.17, 15) is 28.8 Å². The first-order chi connectivity index (χ1) is 21.5. The van der Waals surface area contributed by atoms with Gasteiger partial charge in [0.2, 0.25) is 11.8 Å². The molecule has 14 nitrogen and oxygen atoms in total. The van der Waals surface area contributed by atoms with Crippen LogP contribution in [-0.4, -0.2) is 117 Å². The zero-order valence-electron chi connectivity index (χ0n) is 25.7. The Labute approximate surface area is 261 Å². The van der Waals surface area contributed by atoms with Gasteiger partial charge >= 0.3 is 18.0 Å². The topological polar surface area (TPSA) is 161 Å². The summed E-state index contributed by atoms with van der Waals surface area (Å²) in [5.74, 6) is -2.74. The summed E-state index contributed by atoms with van der Waals surface area (Å²) >= 11 is 0. The highest BCUT2D eigenvalue weighted by Gasteiger charge is 2.42. The monoisotopic (exact) mass is 626 g/mol. The minimum atomic E-state index is -1.32. The number of esters is 2. The Kier molecular flexibility index (Phi) is 12.7. The fourth-order valence-electron chi connectivity index (χ4n) is 4.48. The molecular weight excluding hydrogens is 588 g/mol. The van der Waals surface area contributed by atoms with Crippen LogP contribution in [0.4, 0.5) is 4.79 Å². The quantitative estimate of drug-likeness (QED) is 0.248. The summed E-state index contributed by atoms with van der Waals surface area (Å²) in [7, 11) is 5.68. The summed E-state index contributed by atoms with van der Waals surface area (Å²) in [6.07, 6.45) is -1.30. The molecule has 1 aliphatic rings. The van der Waals surface area contributed by atoms with Crippen molar-refractivity contribution >= 4 is 35.8 Å². The number of hydrogen-bond acceptors (Lipinski definition) is 10. The van der Waals surface area contributed by atoms with Gasteiger partial charge in [-0.3, -0.25) is 24.0 Å². The molecule has 1 N–H and O–H groups in total. The molecule has 0 unspecified atom stereocenters. The Hall–Kier alpha value is -5.14. The molecule has 45 heavy (non-hydrogen) atoms. The maximum atomic E-state index is 14.0. The largest absolute Gasteiger partial charge is 0.497 e. The molecule has 2 aromatic rings. The SMILES string of the molecule is COC(=O)C[C@H]1C(=O)N(CC(=O)OCC(=O)N(C)C)CCN1C(=O)[C@H](Cc1ccc(OC)cc1)NC(=O)OCc1ccccc1. The van der Waals surface area contributed by atoms with Crippen molar-refractivity contribution in [2.45, 2.75) is 31.5 Å². The van der Waals surface area contributed by atoms with E-state index in [0.717, 1.165) is 17.6 Å². The van der Waals surface area contributed by atoms with Crippen LogP contribution in [0.5, 0.6) is 5.75 Å². The van der Waals surface area contributed by atoms with Crippen molar-refractivity contribution in [1.29, 1.82) is 0 Å². The summed E-state index contributed by atoms with van der Waals surface area (Å²) in [6.45, 7) is -1.14. The van der Waals surface area contributed by atoms with Gasteiger partial charge in [-0.05, 0) is 23.3 Å². The molecule has 4 amide bonds. The molecule has 1 fully saturated rings. The molecule has 3 rings (SSSR count). The second-order valence-electron chi connectivity index (χ2n) is 10.3. The second kappa shape index (κ2) is 16.6. The van der Waals surface area contributed by atoms with E-state index in [1.807, 2.05) is 6.07 Å². The Bertz CT molecular complexity index is 1350. The summed E-state index contributed by atoms with van der Waals surface area (Å²) in [6, 6.07) is 13.4. The molecule has 0 aliphatic carbocycles. The lowest BCUT2D eigenvalue weighted by Crippen LogP contribution is -2.63. The van der Waals surface area contributed by atoms with E-state index < -0.39 is 67.4 Å². The molecule has 1 heterocycles. The number of likely N-dealkylation sites (N-methyl/N-ethyl adjacent to an activating group) is 1. The van der Waals surface area contributed by atoms with E-state index in [1.54, 1.807) is 48.5 Å². The minimum Gasteiger partial charge on any atom is -0.497 e. The molecule has 14 heteroatoms. The van der Waals surface area contributed by atoms with Gasteiger partial charge < -0.3 is 39.0 Å². The third kappa shape index (κ3) is 10.2. The van der Waals surface area contributed by atoms with Crippen molar-refractivity contribution in [3.63, 3.8) is 0 Å². The Balaban J connectivity index is 1.79. The molecule has 0 saturated carbocycles. The molecule has 1 saturated heterocycles. The van der Waals surface area contributed by atoms with Gasteiger partial charge in [0, 0.05) is 33.6 Å². The number of ether oxygens (including phenoxy) is 4. The van der Waals surface area contributed by atoms with Gasteiger partial charge in [0.1, 0.15) is 31.0 Å². The lowest BCUT2D eigenvalue weighted by molar-refractivity contribution is -0.161. The smallest absolute Gasteiger partial charge is 0.408 e. The second-order valence-corrected chi connectivity index (χ2v) is 10.3. The van der Waals surface area contributed by atoms with Gasteiger partial charge in [-0.2, -0.15) is 0 Å². The van der Waals surface area contributed by atoms with Crippen molar-refractivity contribution in [1.82, 2.24) is 20.0 Å². The lowest BCUT2D eigenvalue weighted by Gasteiger charge is -2.41. The Morgan fingerprint density at radius 3 is 2.22 bits per heavy atom. The standard InChI is InChI=1S/C31H38N4O10/c1-33(2)26(36)20-44-28(38)18-34-14-15-35(25(30(34)40)17-27(37)43-4)29(39)24(16-21-10-12-23(42-3)13-11-21)32-31(41)45-19-22-8-6-5-7-9-22/h5-13,24-25H,14-20H2,1-4H3,(H,32,41)/t24-,25-/m0/s1. The molecule has 0 radical (unpaired) electrons. The molecule has 0 aromatic heterocycles. The van der Waals surface area contributed by atoms with Crippen LogP contribution in [0.15, 0.2) is 54.6 Å². The van der Waals surface area contributed by atoms with Crippen LogP contribution in [0.2, 0.25) is 0 Å². The number of carbonyl (C=O) groups excluding carboxylic acids is 6. The number of rotatable bonds is 13. The number of methoxy groups -OCH3 is 2. The predicted octanol–water partition coefficient (Wildman–Crippen LogP) is 0.767. The summed E-state index contributed by atoms with van der Waals surface area (Å²) < 4.78 is 20.3. The van der Waals surface area contributed by atoms with Crippen molar-refractivity contribution in [3.8, 4) is 5.75 Å². The van der Waals surface area contributed by atoms with Crippen LogP contribution in [-0.2, 0) is 51.2 Å². The maximum Gasteiger partial charge on any atom is 0.408 e. The first kappa shape index (κ1) is 34.4. The van der Waals surface area contributed by atoms with E-state index in [-0.39, 0.29) is 26.1 Å². The summed E-state index contributed by atoms with van der Waals surface area (Å²) in [4.78, 5) is 80.5. The van der Waals surface area contributed by atoms with E-state index in [1.165, 1.54) is 31.0 Å². The highest BCUT2D eigenvalue weighted by atomic mass is 16.6. The molecule has 0 spiro atoms. The third-order valence-corrected chi connectivity index (χ3v) is 7.03. The molecular formula is C31H38N4O10.